The van der Waals surface area contributed by atoms with Crippen molar-refractivity contribution in [1.82, 2.24) is 0 Å². The zero-order valence-electron chi connectivity index (χ0n) is 14.1. The fourth-order valence-electron chi connectivity index (χ4n) is 2.03. The van der Waals surface area contributed by atoms with Crippen molar-refractivity contribution in [2.24, 2.45) is 0 Å². The number of esters is 1. The van der Waals surface area contributed by atoms with Gasteiger partial charge < -0.3 is 10.1 Å². The Bertz CT molecular complexity index is 952. The van der Waals surface area contributed by atoms with Crippen LogP contribution in [-0.4, -0.2) is 33.2 Å². The Morgan fingerprint density at radius 1 is 1.04 bits per heavy atom. The maximum absolute atomic E-state index is 12.5. The molecule has 0 aromatic heterocycles. The van der Waals surface area contributed by atoms with E-state index in [0.29, 0.717) is 11.1 Å². The van der Waals surface area contributed by atoms with E-state index in [-0.39, 0.29) is 5.69 Å². The minimum atomic E-state index is -4.67. The normalized spacial score (nSPS) is 11.6. The summed E-state index contributed by atoms with van der Waals surface area (Å²) >= 11 is 0. The average molecular weight is 395 g/mol. The van der Waals surface area contributed by atoms with Gasteiger partial charge in [0.2, 0.25) is 15.7 Å². The zero-order valence-corrected chi connectivity index (χ0v) is 14.9. The third-order valence-electron chi connectivity index (χ3n) is 3.44. The van der Waals surface area contributed by atoms with Gasteiger partial charge in [-0.05, 0) is 48.0 Å². The predicted molar refractivity (Wildman–Crippen MR) is 95.1 cm³/mol. The van der Waals surface area contributed by atoms with Gasteiger partial charge >= 0.3 is 11.7 Å². The summed E-state index contributed by atoms with van der Waals surface area (Å²) in [6.45, 7) is 0. The van der Waals surface area contributed by atoms with Crippen LogP contribution >= 0.6 is 0 Å². The van der Waals surface area contributed by atoms with Crippen LogP contribution in [0.15, 0.2) is 59.5 Å². The lowest BCUT2D eigenvalue weighted by molar-refractivity contribution is -0.111. The second-order valence-electron chi connectivity index (χ2n) is 5.27. The second-order valence-corrected chi connectivity index (χ2v) is 7.18. The van der Waals surface area contributed by atoms with Gasteiger partial charge in [-0.25, -0.2) is 13.2 Å². The number of sulfone groups is 1. The van der Waals surface area contributed by atoms with Crippen molar-refractivity contribution >= 4 is 33.5 Å². The Morgan fingerprint density at radius 3 is 2.15 bits per heavy atom. The number of methoxy groups -OCH3 is 1. The minimum absolute atomic E-state index is 0.249. The van der Waals surface area contributed by atoms with E-state index in [1.54, 1.807) is 24.3 Å². The van der Waals surface area contributed by atoms with Crippen molar-refractivity contribution in [3.8, 4) is 0 Å². The van der Waals surface area contributed by atoms with Gasteiger partial charge in [0.05, 0.1) is 17.6 Å². The van der Waals surface area contributed by atoms with Gasteiger partial charge in [0.1, 0.15) is 0 Å². The first-order valence-electron chi connectivity index (χ1n) is 7.53. The van der Waals surface area contributed by atoms with Crippen molar-refractivity contribution in [1.29, 1.82) is 0 Å². The van der Waals surface area contributed by atoms with Crippen molar-refractivity contribution in [2.75, 3.05) is 12.4 Å². The fourth-order valence-corrected chi connectivity index (χ4v) is 2.76. The van der Waals surface area contributed by atoms with Gasteiger partial charge in [-0.3, -0.25) is 4.79 Å². The van der Waals surface area contributed by atoms with Crippen LogP contribution in [0.25, 0.3) is 6.08 Å². The molecule has 9 heteroatoms. The van der Waals surface area contributed by atoms with Gasteiger partial charge in [-0.15, -0.1) is 0 Å². The Morgan fingerprint density at radius 2 is 1.63 bits per heavy atom. The highest BCUT2D eigenvalue weighted by Gasteiger charge is 2.26. The third-order valence-corrected chi connectivity index (χ3v) is 4.84. The minimum Gasteiger partial charge on any atom is -0.465 e. The number of nitrogens with one attached hydrogen (secondary N) is 1. The summed E-state index contributed by atoms with van der Waals surface area (Å²) in [6, 6.07) is 10.8. The summed E-state index contributed by atoms with van der Waals surface area (Å²) in [4.78, 5) is 22.7. The molecule has 0 heterocycles. The lowest BCUT2D eigenvalue weighted by atomic mass is 10.1. The van der Waals surface area contributed by atoms with Crippen molar-refractivity contribution in [3.63, 3.8) is 0 Å². The molecule has 2 aromatic rings. The van der Waals surface area contributed by atoms with Crippen LogP contribution in [0.2, 0.25) is 0 Å². The maximum atomic E-state index is 12.5. The molecule has 27 heavy (non-hydrogen) atoms. The number of carbonyl (C=O) groups is 2. The maximum Gasteiger partial charge on any atom is 0.341 e. The average Bonchev–Trinajstić information content (AvgIpc) is 2.66. The summed E-state index contributed by atoms with van der Waals surface area (Å²) in [5, 5.41) is 2.48. The number of rotatable bonds is 6. The number of hydrogen-bond acceptors (Lipinski definition) is 5. The molecule has 0 aliphatic heterocycles. The van der Waals surface area contributed by atoms with Gasteiger partial charge in [0.15, 0.2) is 0 Å². The summed E-state index contributed by atoms with van der Waals surface area (Å²) < 4.78 is 52.2. The van der Waals surface area contributed by atoms with Crippen LogP contribution in [-0.2, 0) is 19.4 Å². The van der Waals surface area contributed by atoms with E-state index < -0.39 is 32.4 Å². The standard InChI is InChI=1S/C18H15F2NO5S/c1-26-17(23)13-5-2-12(3-6-13)4-11-16(22)21-14-7-9-15(10-8-14)27(24,25)18(19)20/h2-11,18H,1H3,(H,21,22)/b11-4+. The molecule has 1 amide bonds. The third kappa shape index (κ3) is 5.20. The van der Waals surface area contributed by atoms with E-state index in [1.165, 1.54) is 31.4 Å². The summed E-state index contributed by atoms with van der Waals surface area (Å²) in [7, 11) is -3.40. The van der Waals surface area contributed by atoms with E-state index in [0.717, 1.165) is 12.1 Å². The zero-order chi connectivity index (χ0) is 20.0. The molecule has 2 rings (SSSR count). The molecule has 0 fully saturated rings. The van der Waals surface area contributed by atoms with E-state index in [2.05, 4.69) is 10.1 Å². The number of alkyl halides is 2. The smallest absolute Gasteiger partial charge is 0.341 e. The number of halogens is 2. The Kier molecular flexibility index (Phi) is 6.40. The number of carbonyl (C=O) groups excluding carboxylic acids is 2. The van der Waals surface area contributed by atoms with E-state index in [1.807, 2.05) is 0 Å². The first-order valence-corrected chi connectivity index (χ1v) is 9.08. The molecule has 142 valence electrons. The van der Waals surface area contributed by atoms with Crippen molar-refractivity contribution in [2.45, 2.75) is 10.7 Å². The van der Waals surface area contributed by atoms with Crippen LogP contribution < -0.4 is 5.32 Å². The number of ether oxygens (including phenoxy) is 1. The first-order chi connectivity index (χ1) is 12.7. The van der Waals surface area contributed by atoms with E-state index >= 15 is 0 Å². The molecule has 1 N–H and O–H groups in total. The number of anilines is 1. The molecule has 0 radical (unpaired) electrons. The molecular formula is C18H15F2NO5S. The lowest BCUT2D eigenvalue weighted by Crippen LogP contribution is -2.12. The molecule has 0 spiro atoms. The van der Waals surface area contributed by atoms with Crippen LogP contribution in [0.1, 0.15) is 15.9 Å². The summed E-state index contributed by atoms with van der Waals surface area (Å²) in [5.41, 5.74) is 1.29. The summed E-state index contributed by atoms with van der Waals surface area (Å²) in [5.74, 6) is -4.48. The topological polar surface area (TPSA) is 89.5 Å². The molecular weight excluding hydrogens is 380 g/mol. The first kappa shape index (κ1) is 20.2. The van der Waals surface area contributed by atoms with Crippen molar-refractivity contribution < 1.29 is 31.5 Å². The highest BCUT2D eigenvalue weighted by atomic mass is 32.2. The highest BCUT2D eigenvalue weighted by molar-refractivity contribution is 7.91. The molecule has 0 saturated carbocycles. The highest BCUT2D eigenvalue weighted by Crippen LogP contribution is 2.20. The van der Waals surface area contributed by atoms with E-state index in [9.17, 15) is 26.8 Å². The predicted octanol–water partition coefficient (Wildman–Crippen LogP) is 3.12. The Labute approximate surface area is 154 Å². The summed E-state index contributed by atoms with van der Waals surface area (Å²) in [6.07, 6.45) is 2.74. The number of benzene rings is 2. The van der Waals surface area contributed by atoms with Crippen LogP contribution in [0.4, 0.5) is 14.5 Å². The molecule has 0 aliphatic carbocycles. The SMILES string of the molecule is COC(=O)c1ccc(/C=C/C(=O)Nc2ccc(S(=O)(=O)C(F)F)cc2)cc1. The quantitative estimate of drug-likeness (QED) is 0.600. The molecule has 0 bridgehead atoms. The second kappa shape index (κ2) is 8.54. The van der Waals surface area contributed by atoms with E-state index in [4.69, 9.17) is 0 Å². The molecule has 0 aliphatic rings. The Hall–Kier alpha value is -3.07. The molecule has 6 nitrogen and oxygen atoms in total. The van der Waals surface area contributed by atoms with Crippen molar-refractivity contribution in [3.05, 3.63) is 65.7 Å². The Balaban J connectivity index is 2.01. The number of amides is 1. The van der Waals surface area contributed by atoms with Gasteiger partial charge in [-0.1, -0.05) is 12.1 Å². The van der Waals surface area contributed by atoms with Gasteiger partial charge in [-0.2, -0.15) is 8.78 Å². The lowest BCUT2D eigenvalue weighted by Gasteiger charge is -2.05. The number of hydrogen-bond donors (Lipinski definition) is 1. The van der Waals surface area contributed by atoms with Crippen LogP contribution in [0.5, 0.6) is 0 Å². The van der Waals surface area contributed by atoms with Crippen LogP contribution in [0, 0.1) is 0 Å². The monoisotopic (exact) mass is 395 g/mol. The van der Waals surface area contributed by atoms with Gasteiger partial charge in [0, 0.05) is 11.8 Å². The van der Waals surface area contributed by atoms with Crippen LogP contribution in [0.3, 0.4) is 0 Å². The molecule has 0 unspecified atom stereocenters. The fraction of sp³-hybridized carbons (Fsp3) is 0.111. The van der Waals surface area contributed by atoms with Gasteiger partial charge in [0.25, 0.3) is 0 Å². The largest absolute Gasteiger partial charge is 0.465 e. The molecule has 0 saturated heterocycles. The molecule has 0 atom stereocenters. The molecule has 2 aromatic carbocycles.